The molecular weight excluding hydrogens is 367 g/mol. The summed E-state index contributed by atoms with van der Waals surface area (Å²) in [6, 6.07) is 5.86. The van der Waals surface area contributed by atoms with Crippen LogP contribution in [0.25, 0.3) is 11.5 Å². The van der Waals surface area contributed by atoms with Gasteiger partial charge in [-0.3, -0.25) is 4.79 Å². The van der Waals surface area contributed by atoms with Crippen LogP contribution >= 0.6 is 11.3 Å². The third kappa shape index (κ3) is 4.40. The zero-order valence-corrected chi connectivity index (χ0v) is 15.4. The zero-order valence-electron chi connectivity index (χ0n) is 14.6. The van der Waals surface area contributed by atoms with Crippen LogP contribution in [0, 0.1) is 5.82 Å². The van der Waals surface area contributed by atoms with Gasteiger partial charge in [-0.25, -0.2) is 14.4 Å². The molecule has 0 saturated carbocycles. The molecule has 1 aliphatic heterocycles. The number of nitrogens with one attached hydrogen (secondary N) is 2. The summed E-state index contributed by atoms with van der Waals surface area (Å²) >= 11 is 1.53. The van der Waals surface area contributed by atoms with Gasteiger partial charge < -0.3 is 15.1 Å². The Balaban J connectivity index is 1.36. The van der Waals surface area contributed by atoms with E-state index in [4.69, 9.17) is 4.42 Å². The van der Waals surface area contributed by atoms with Crippen molar-refractivity contribution in [2.75, 3.05) is 18.4 Å². The molecule has 0 aliphatic carbocycles. The average Bonchev–Trinajstić information content (AvgIpc) is 3.33. The van der Waals surface area contributed by atoms with E-state index in [2.05, 4.69) is 20.6 Å². The van der Waals surface area contributed by atoms with Crippen molar-refractivity contribution < 1.29 is 13.6 Å². The van der Waals surface area contributed by atoms with E-state index in [1.54, 1.807) is 12.1 Å². The minimum Gasteiger partial charge on any atom is -0.444 e. The van der Waals surface area contributed by atoms with Gasteiger partial charge in [-0.2, -0.15) is 0 Å². The van der Waals surface area contributed by atoms with Gasteiger partial charge in [0.25, 0.3) is 0 Å². The number of thiazole rings is 1. The zero-order chi connectivity index (χ0) is 18.6. The fourth-order valence-electron chi connectivity index (χ4n) is 3.08. The van der Waals surface area contributed by atoms with Gasteiger partial charge in [0.1, 0.15) is 12.1 Å². The van der Waals surface area contributed by atoms with Gasteiger partial charge in [-0.15, -0.1) is 11.3 Å². The molecule has 2 N–H and O–H groups in total. The fraction of sp³-hybridized carbons (Fsp3) is 0.316. The summed E-state index contributed by atoms with van der Waals surface area (Å²) in [7, 11) is 0. The van der Waals surface area contributed by atoms with Crippen LogP contribution in [0.3, 0.4) is 0 Å². The van der Waals surface area contributed by atoms with E-state index in [0.29, 0.717) is 28.2 Å². The van der Waals surface area contributed by atoms with E-state index in [-0.39, 0.29) is 18.1 Å². The molecule has 140 valence electrons. The second kappa shape index (κ2) is 7.98. The molecule has 0 unspecified atom stereocenters. The Labute approximate surface area is 159 Å². The highest BCUT2D eigenvalue weighted by atomic mass is 32.1. The highest BCUT2D eigenvalue weighted by Crippen LogP contribution is 2.31. The molecular formula is C19H19FN4O2S. The van der Waals surface area contributed by atoms with E-state index >= 15 is 0 Å². The lowest BCUT2D eigenvalue weighted by atomic mass is 9.97. The number of halogens is 1. The molecule has 1 aromatic carbocycles. The Hall–Kier alpha value is -2.58. The van der Waals surface area contributed by atoms with Crippen LogP contribution in [-0.4, -0.2) is 29.0 Å². The molecule has 0 bridgehead atoms. The van der Waals surface area contributed by atoms with E-state index < -0.39 is 0 Å². The lowest BCUT2D eigenvalue weighted by Gasteiger charge is -2.20. The number of benzene rings is 1. The normalized spacial score (nSPS) is 15.0. The standard InChI is InChI=1S/C19H19FN4O2S/c20-14-3-1-13(2-4-14)18-23-15(11-26-18)9-17(25)24-19-22-10-16(27-19)12-5-7-21-8-6-12/h1-4,10-12,21H,5-9H2,(H,22,24,25). The predicted molar refractivity (Wildman–Crippen MR) is 101 cm³/mol. The summed E-state index contributed by atoms with van der Waals surface area (Å²) in [6.45, 7) is 2.04. The van der Waals surface area contributed by atoms with E-state index in [1.165, 1.54) is 34.6 Å². The number of carbonyl (C=O) groups is 1. The van der Waals surface area contributed by atoms with Crippen LogP contribution in [0.5, 0.6) is 0 Å². The van der Waals surface area contributed by atoms with Gasteiger partial charge >= 0.3 is 0 Å². The van der Waals surface area contributed by atoms with Crippen molar-refractivity contribution in [2.45, 2.75) is 25.2 Å². The lowest BCUT2D eigenvalue weighted by molar-refractivity contribution is -0.115. The van der Waals surface area contributed by atoms with Crippen molar-refractivity contribution in [3.05, 3.63) is 53.1 Å². The number of anilines is 1. The van der Waals surface area contributed by atoms with E-state index in [1.807, 2.05) is 6.20 Å². The molecule has 27 heavy (non-hydrogen) atoms. The minimum atomic E-state index is -0.322. The minimum absolute atomic E-state index is 0.0902. The number of hydrogen-bond donors (Lipinski definition) is 2. The summed E-state index contributed by atoms with van der Waals surface area (Å²) in [4.78, 5) is 22.1. The molecule has 1 saturated heterocycles. The molecule has 2 aromatic heterocycles. The largest absolute Gasteiger partial charge is 0.444 e. The van der Waals surface area contributed by atoms with Crippen LogP contribution in [0.15, 0.2) is 41.1 Å². The molecule has 3 heterocycles. The number of oxazole rings is 1. The van der Waals surface area contributed by atoms with Gasteiger partial charge in [0.05, 0.1) is 12.1 Å². The molecule has 4 rings (SSSR count). The third-order valence-corrected chi connectivity index (χ3v) is 5.57. The molecule has 3 aromatic rings. The molecule has 6 nitrogen and oxygen atoms in total. The van der Waals surface area contributed by atoms with E-state index in [0.717, 1.165) is 25.9 Å². The SMILES string of the molecule is O=C(Cc1coc(-c2ccc(F)cc2)n1)Nc1ncc(C2CCNCC2)s1. The fourth-order valence-corrected chi connectivity index (χ4v) is 4.08. The van der Waals surface area contributed by atoms with Crippen molar-refractivity contribution in [1.29, 1.82) is 0 Å². The smallest absolute Gasteiger partial charge is 0.232 e. The maximum Gasteiger partial charge on any atom is 0.232 e. The van der Waals surface area contributed by atoms with Gasteiger partial charge in [-0.1, -0.05) is 0 Å². The number of aromatic nitrogens is 2. The van der Waals surface area contributed by atoms with Crippen molar-refractivity contribution in [1.82, 2.24) is 15.3 Å². The molecule has 0 spiro atoms. The lowest BCUT2D eigenvalue weighted by Crippen LogP contribution is -2.26. The molecule has 1 aliphatic rings. The maximum absolute atomic E-state index is 13.0. The van der Waals surface area contributed by atoms with Gasteiger partial charge in [0.15, 0.2) is 5.13 Å². The number of carbonyl (C=O) groups excluding carboxylic acids is 1. The highest BCUT2D eigenvalue weighted by Gasteiger charge is 2.18. The molecule has 0 atom stereocenters. The molecule has 1 amide bonds. The number of hydrogen-bond acceptors (Lipinski definition) is 6. The average molecular weight is 386 g/mol. The molecule has 1 fully saturated rings. The predicted octanol–water partition coefficient (Wildman–Crippen LogP) is 3.59. The van der Waals surface area contributed by atoms with Crippen LogP contribution in [0.4, 0.5) is 9.52 Å². The van der Waals surface area contributed by atoms with Gasteiger partial charge in [0, 0.05) is 16.6 Å². The second-order valence-corrected chi connectivity index (χ2v) is 7.53. The summed E-state index contributed by atoms with van der Waals surface area (Å²) in [5, 5.41) is 6.78. The van der Waals surface area contributed by atoms with Crippen molar-refractivity contribution in [3.8, 4) is 11.5 Å². The number of nitrogens with zero attached hydrogens (tertiary/aromatic N) is 2. The first kappa shape index (κ1) is 17.8. The van der Waals surface area contributed by atoms with Crippen molar-refractivity contribution >= 4 is 22.4 Å². The van der Waals surface area contributed by atoms with Crippen LogP contribution in [-0.2, 0) is 11.2 Å². The summed E-state index contributed by atoms with van der Waals surface area (Å²) in [6.07, 6.45) is 5.59. The van der Waals surface area contributed by atoms with Gasteiger partial charge in [0.2, 0.25) is 11.8 Å². The Morgan fingerprint density at radius 3 is 2.85 bits per heavy atom. The van der Waals surface area contributed by atoms with Crippen LogP contribution < -0.4 is 10.6 Å². The summed E-state index contributed by atoms with van der Waals surface area (Å²) in [5.74, 6) is 0.362. The van der Waals surface area contributed by atoms with Crippen molar-refractivity contribution in [3.63, 3.8) is 0 Å². The van der Waals surface area contributed by atoms with Crippen molar-refractivity contribution in [2.24, 2.45) is 0 Å². The first-order valence-corrected chi connectivity index (χ1v) is 9.65. The molecule has 8 heteroatoms. The third-order valence-electron chi connectivity index (χ3n) is 4.50. The van der Waals surface area contributed by atoms with Gasteiger partial charge in [-0.05, 0) is 56.1 Å². The van der Waals surface area contributed by atoms with Crippen LogP contribution in [0.2, 0.25) is 0 Å². The topological polar surface area (TPSA) is 80.1 Å². The Kier molecular flexibility index (Phi) is 5.26. The van der Waals surface area contributed by atoms with Crippen LogP contribution in [0.1, 0.15) is 29.3 Å². The number of rotatable bonds is 5. The first-order chi connectivity index (χ1) is 13.2. The highest BCUT2D eigenvalue weighted by molar-refractivity contribution is 7.15. The first-order valence-electron chi connectivity index (χ1n) is 8.84. The quantitative estimate of drug-likeness (QED) is 0.701. The molecule has 0 radical (unpaired) electrons. The summed E-state index contributed by atoms with van der Waals surface area (Å²) < 4.78 is 18.4. The van der Waals surface area contributed by atoms with E-state index in [9.17, 15) is 9.18 Å². The Bertz CT molecular complexity index is 916. The second-order valence-electron chi connectivity index (χ2n) is 6.47. The Morgan fingerprint density at radius 2 is 2.07 bits per heavy atom. The maximum atomic E-state index is 13.0. The number of piperidine rings is 1. The summed E-state index contributed by atoms with van der Waals surface area (Å²) in [5.41, 5.74) is 1.18. The monoisotopic (exact) mass is 386 g/mol. The Morgan fingerprint density at radius 1 is 1.30 bits per heavy atom. The number of amides is 1.